The summed E-state index contributed by atoms with van der Waals surface area (Å²) in [6.45, 7) is 0.754. The number of benzene rings is 1. The number of nitrogens with one attached hydrogen (secondary N) is 2. The lowest BCUT2D eigenvalue weighted by atomic mass is 9.96. The van der Waals surface area contributed by atoms with E-state index in [1.807, 2.05) is 19.2 Å². The highest BCUT2D eigenvalue weighted by molar-refractivity contribution is 5.79. The van der Waals surface area contributed by atoms with Crippen LogP contribution in [-0.4, -0.2) is 33.8 Å². The molecule has 0 aliphatic heterocycles. The Kier molecular flexibility index (Phi) is 5.24. The Bertz CT molecular complexity index is 611. The van der Waals surface area contributed by atoms with Crippen molar-refractivity contribution in [1.82, 2.24) is 25.4 Å². The van der Waals surface area contributed by atoms with Crippen LogP contribution in [0.25, 0.3) is 5.69 Å². The molecule has 1 aromatic carbocycles. The first kappa shape index (κ1) is 15.5. The molecule has 0 bridgehead atoms. The van der Waals surface area contributed by atoms with Gasteiger partial charge in [-0.1, -0.05) is 31.4 Å². The van der Waals surface area contributed by atoms with Crippen molar-refractivity contribution in [2.75, 3.05) is 7.05 Å². The molecule has 1 aliphatic carbocycles. The van der Waals surface area contributed by atoms with Gasteiger partial charge >= 0.3 is 0 Å². The highest BCUT2D eigenvalue weighted by Crippen LogP contribution is 2.17. The molecule has 2 aromatic rings. The zero-order valence-electron chi connectivity index (χ0n) is 13.6. The molecule has 6 nitrogen and oxygen atoms in total. The van der Waals surface area contributed by atoms with Gasteiger partial charge in [-0.25, -0.2) is 9.67 Å². The van der Waals surface area contributed by atoms with Gasteiger partial charge in [0.2, 0.25) is 0 Å². The topological polar surface area (TPSA) is 67.1 Å². The van der Waals surface area contributed by atoms with E-state index in [4.69, 9.17) is 0 Å². The quantitative estimate of drug-likeness (QED) is 0.671. The van der Waals surface area contributed by atoms with Crippen LogP contribution in [0.3, 0.4) is 0 Å². The molecule has 1 fully saturated rings. The van der Waals surface area contributed by atoms with Crippen molar-refractivity contribution in [3.05, 3.63) is 42.5 Å². The first-order chi connectivity index (χ1) is 11.3. The van der Waals surface area contributed by atoms with Gasteiger partial charge in [-0.05, 0) is 30.5 Å². The molecule has 0 unspecified atom stereocenters. The Morgan fingerprint density at radius 2 is 2.00 bits per heavy atom. The second-order valence-corrected chi connectivity index (χ2v) is 5.91. The summed E-state index contributed by atoms with van der Waals surface area (Å²) in [6.07, 6.45) is 9.72. The molecule has 1 heterocycles. The van der Waals surface area contributed by atoms with E-state index < -0.39 is 0 Å². The molecular formula is C17H24N6. The number of hydrogen-bond acceptors (Lipinski definition) is 3. The third-order valence-corrected chi connectivity index (χ3v) is 4.25. The third kappa shape index (κ3) is 4.31. The molecule has 0 radical (unpaired) electrons. The summed E-state index contributed by atoms with van der Waals surface area (Å²) >= 11 is 0. The molecule has 1 aromatic heterocycles. The second-order valence-electron chi connectivity index (χ2n) is 5.91. The van der Waals surface area contributed by atoms with E-state index in [2.05, 4.69) is 37.8 Å². The smallest absolute Gasteiger partial charge is 0.191 e. The minimum atomic E-state index is 0.560. The number of nitrogens with zero attached hydrogens (tertiary/aromatic N) is 4. The molecule has 122 valence electrons. The highest BCUT2D eigenvalue weighted by Gasteiger charge is 2.14. The standard InChI is InChI=1S/C17H24N6/c1-18-17(22-15-5-3-2-4-6-15)20-11-14-7-9-16(10-8-14)23-13-19-12-21-23/h7-10,12-13,15H,2-6,11H2,1H3,(H2,18,20,22). The van der Waals surface area contributed by atoms with Crippen LogP contribution in [0.15, 0.2) is 41.9 Å². The average molecular weight is 312 g/mol. The lowest BCUT2D eigenvalue weighted by Crippen LogP contribution is -2.43. The van der Waals surface area contributed by atoms with Crippen molar-refractivity contribution in [3.8, 4) is 5.69 Å². The van der Waals surface area contributed by atoms with Gasteiger partial charge in [-0.15, -0.1) is 0 Å². The Labute approximate surface area is 137 Å². The van der Waals surface area contributed by atoms with Gasteiger partial charge in [0, 0.05) is 19.6 Å². The van der Waals surface area contributed by atoms with Crippen LogP contribution in [0, 0.1) is 0 Å². The largest absolute Gasteiger partial charge is 0.354 e. The van der Waals surface area contributed by atoms with E-state index in [1.54, 1.807) is 11.0 Å². The molecule has 1 aliphatic rings. The monoisotopic (exact) mass is 312 g/mol. The number of guanidine groups is 1. The maximum Gasteiger partial charge on any atom is 0.191 e. The van der Waals surface area contributed by atoms with Crippen molar-refractivity contribution < 1.29 is 0 Å². The van der Waals surface area contributed by atoms with E-state index in [9.17, 15) is 0 Å². The number of hydrogen-bond donors (Lipinski definition) is 2. The van der Waals surface area contributed by atoms with Gasteiger partial charge in [0.15, 0.2) is 5.96 Å². The van der Waals surface area contributed by atoms with Gasteiger partial charge in [-0.2, -0.15) is 5.10 Å². The van der Waals surface area contributed by atoms with Gasteiger partial charge in [-0.3, -0.25) is 4.99 Å². The van der Waals surface area contributed by atoms with E-state index in [0.29, 0.717) is 6.04 Å². The molecule has 6 heteroatoms. The molecule has 0 atom stereocenters. The third-order valence-electron chi connectivity index (χ3n) is 4.25. The van der Waals surface area contributed by atoms with Crippen LogP contribution in [0.2, 0.25) is 0 Å². The van der Waals surface area contributed by atoms with E-state index in [1.165, 1.54) is 44.0 Å². The van der Waals surface area contributed by atoms with Crippen LogP contribution in [-0.2, 0) is 6.54 Å². The van der Waals surface area contributed by atoms with Crippen LogP contribution in [0.5, 0.6) is 0 Å². The highest BCUT2D eigenvalue weighted by atomic mass is 15.3. The fraction of sp³-hybridized carbons (Fsp3) is 0.471. The molecule has 23 heavy (non-hydrogen) atoms. The van der Waals surface area contributed by atoms with Crippen molar-refractivity contribution in [2.24, 2.45) is 4.99 Å². The van der Waals surface area contributed by atoms with Crippen LogP contribution in [0.4, 0.5) is 0 Å². The number of aromatic nitrogens is 3. The van der Waals surface area contributed by atoms with Gasteiger partial charge in [0.1, 0.15) is 12.7 Å². The summed E-state index contributed by atoms with van der Waals surface area (Å²) in [5.74, 6) is 0.886. The Morgan fingerprint density at radius 3 is 2.65 bits per heavy atom. The Hall–Kier alpha value is -2.37. The molecular weight excluding hydrogens is 288 g/mol. The van der Waals surface area contributed by atoms with Crippen molar-refractivity contribution in [2.45, 2.75) is 44.7 Å². The Morgan fingerprint density at radius 1 is 1.22 bits per heavy atom. The summed E-state index contributed by atoms with van der Waals surface area (Å²) in [5.41, 5.74) is 2.22. The van der Waals surface area contributed by atoms with Crippen molar-refractivity contribution >= 4 is 5.96 Å². The van der Waals surface area contributed by atoms with E-state index in [0.717, 1.165) is 18.2 Å². The summed E-state index contributed by atoms with van der Waals surface area (Å²) in [5, 5.41) is 11.0. The maximum absolute atomic E-state index is 4.33. The van der Waals surface area contributed by atoms with Gasteiger partial charge in [0.05, 0.1) is 5.69 Å². The van der Waals surface area contributed by atoms with Crippen LogP contribution >= 0.6 is 0 Å². The predicted molar refractivity (Wildman–Crippen MR) is 91.6 cm³/mol. The van der Waals surface area contributed by atoms with Gasteiger partial charge < -0.3 is 10.6 Å². The number of rotatable bonds is 4. The zero-order valence-corrected chi connectivity index (χ0v) is 13.6. The summed E-state index contributed by atoms with van der Waals surface area (Å²) in [6, 6.07) is 8.84. The van der Waals surface area contributed by atoms with E-state index >= 15 is 0 Å². The Balaban J connectivity index is 1.52. The minimum absolute atomic E-state index is 0.560. The molecule has 1 saturated carbocycles. The SMILES string of the molecule is CN=C(NCc1ccc(-n2cncn2)cc1)NC1CCCCC1. The van der Waals surface area contributed by atoms with E-state index in [-0.39, 0.29) is 0 Å². The molecule has 0 amide bonds. The first-order valence-electron chi connectivity index (χ1n) is 8.26. The molecule has 3 rings (SSSR count). The summed E-state index contributed by atoms with van der Waals surface area (Å²) < 4.78 is 1.75. The van der Waals surface area contributed by atoms with Crippen LogP contribution < -0.4 is 10.6 Å². The lowest BCUT2D eigenvalue weighted by molar-refractivity contribution is 0.410. The summed E-state index contributed by atoms with van der Waals surface area (Å²) in [4.78, 5) is 8.29. The fourth-order valence-corrected chi connectivity index (χ4v) is 2.93. The van der Waals surface area contributed by atoms with Crippen LogP contribution in [0.1, 0.15) is 37.7 Å². The normalized spacial score (nSPS) is 16.3. The average Bonchev–Trinajstić information content (AvgIpc) is 3.14. The van der Waals surface area contributed by atoms with Crippen molar-refractivity contribution in [1.29, 1.82) is 0 Å². The minimum Gasteiger partial charge on any atom is -0.354 e. The maximum atomic E-state index is 4.33. The molecule has 0 spiro atoms. The second kappa shape index (κ2) is 7.76. The first-order valence-corrected chi connectivity index (χ1v) is 8.26. The molecule has 2 N–H and O–H groups in total. The number of aliphatic imine (C=N–C) groups is 1. The van der Waals surface area contributed by atoms with Gasteiger partial charge in [0.25, 0.3) is 0 Å². The fourth-order valence-electron chi connectivity index (χ4n) is 2.93. The summed E-state index contributed by atoms with van der Waals surface area (Å²) in [7, 11) is 1.83. The zero-order chi connectivity index (χ0) is 15.9. The predicted octanol–water partition coefficient (Wildman–Crippen LogP) is 2.26. The van der Waals surface area contributed by atoms with Crippen molar-refractivity contribution in [3.63, 3.8) is 0 Å². The molecule has 0 saturated heterocycles. The lowest BCUT2D eigenvalue weighted by Gasteiger charge is -2.24.